The summed E-state index contributed by atoms with van der Waals surface area (Å²) in [7, 11) is 3.85. The molecule has 6 heteroatoms. The molecule has 1 aromatic rings. The van der Waals surface area contributed by atoms with Crippen molar-refractivity contribution in [2.45, 2.75) is 31.4 Å². The fourth-order valence-electron chi connectivity index (χ4n) is 2.80. The van der Waals surface area contributed by atoms with Crippen molar-refractivity contribution in [1.29, 1.82) is 0 Å². The summed E-state index contributed by atoms with van der Waals surface area (Å²) in [6.07, 6.45) is 8.59. The first-order valence-electron chi connectivity index (χ1n) is 7.92. The van der Waals surface area contributed by atoms with Gasteiger partial charge in [0.05, 0.1) is 6.20 Å². The smallest absolute Gasteiger partial charge is 0.193 e. The largest absolute Gasteiger partial charge is 0.355 e. The molecule has 1 fully saturated rings. The van der Waals surface area contributed by atoms with Crippen molar-refractivity contribution in [2.24, 2.45) is 18.0 Å². The molecule has 1 aliphatic rings. The van der Waals surface area contributed by atoms with Crippen molar-refractivity contribution in [1.82, 2.24) is 20.0 Å². The average Bonchev–Trinajstić information content (AvgIpc) is 3.10. The van der Waals surface area contributed by atoms with Gasteiger partial charge in [-0.2, -0.15) is 16.9 Å². The summed E-state index contributed by atoms with van der Waals surface area (Å²) in [5.74, 6) is 1.73. The van der Waals surface area contributed by atoms with Gasteiger partial charge in [-0.15, -0.1) is 0 Å². The van der Waals surface area contributed by atoms with Crippen LogP contribution in [0.2, 0.25) is 0 Å². The maximum Gasteiger partial charge on any atom is 0.193 e. The predicted molar refractivity (Wildman–Crippen MR) is 95.5 cm³/mol. The minimum absolute atomic E-state index is 0.227. The van der Waals surface area contributed by atoms with E-state index in [-0.39, 0.29) is 4.75 Å². The summed E-state index contributed by atoms with van der Waals surface area (Å²) in [5, 5.41) is 7.79. The van der Waals surface area contributed by atoms with E-state index < -0.39 is 0 Å². The lowest BCUT2D eigenvalue weighted by atomic mass is 10.0. The number of hydrogen-bond acceptors (Lipinski definition) is 3. The van der Waals surface area contributed by atoms with E-state index in [1.54, 1.807) is 0 Å². The third-order valence-electron chi connectivity index (χ3n) is 4.30. The first kappa shape index (κ1) is 17.2. The van der Waals surface area contributed by atoms with Gasteiger partial charge in [0.1, 0.15) is 0 Å². The standard InChI is InChI=1S/C16H29N5S/c1-16(2,22-5)12-18-15(17-3)21-7-6-13(11-21)8-14-9-19-20(4)10-14/h9-10,13H,6-8,11-12H2,1-5H3,(H,17,18). The number of aliphatic imine (C=N–C) groups is 1. The lowest BCUT2D eigenvalue weighted by Gasteiger charge is -2.27. The predicted octanol–water partition coefficient (Wildman–Crippen LogP) is 2.00. The van der Waals surface area contributed by atoms with Crippen molar-refractivity contribution < 1.29 is 0 Å². The number of aromatic nitrogens is 2. The van der Waals surface area contributed by atoms with Crippen LogP contribution in [0.15, 0.2) is 17.4 Å². The molecule has 2 heterocycles. The molecule has 22 heavy (non-hydrogen) atoms. The molecule has 2 rings (SSSR count). The van der Waals surface area contributed by atoms with Gasteiger partial charge in [0.25, 0.3) is 0 Å². The Balaban J connectivity index is 1.85. The molecule has 0 saturated carbocycles. The maximum absolute atomic E-state index is 4.46. The summed E-state index contributed by atoms with van der Waals surface area (Å²) in [6, 6.07) is 0. The fraction of sp³-hybridized carbons (Fsp3) is 0.750. The van der Waals surface area contributed by atoms with Gasteiger partial charge < -0.3 is 10.2 Å². The molecule has 0 radical (unpaired) electrons. The molecule has 0 spiro atoms. The highest BCUT2D eigenvalue weighted by Crippen LogP contribution is 2.22. The van der Waals surface area contributed by atoms with Crippen molar-refractivity contribution in [2.75, 3.05) is 32.9 Å². The van der Waals surface area contributed by atoms with E-state index in [9.17, 15) is 0 Å². The zero-order valence-corrected chi connectivity index (χ0v) is 15.3. The van der Waals surface area contributed by atoms with E-state index in [2.05, 4.69) is 46.6 Å². The van der Waals surface area contributed by atoms with Crippen LogP contribution >= 0.6 is 11.8 Å². The van der Waals surface area contributed by atoms with Crippen molar-refractivity contribution in [3.05, 3.63) is 18.0 Å². The van der Waals surface area contributed by atoms with Crippen LogP contribution in [0, 0.1) is 5.92 Å². The summed E-state index contributed by atoms with van der Waals surface area (Å²) in [5.41, 5.74) is 1.33. The number of guanidine groups is 1. The molecule has 0 amide bonds. The zero-order chi connectivity index (χ0) is 16.2. The molecule has 5 nitrogen and oxygen atoms in total. The first-order valence-corrected chi connectivity index (χ1v) is 9.14. The molecule has 0 aromatic carbocycles. The second kappa shape index (κ2) is 7.40. The highest BCUT2D eigenvalue weighted by atomic mass is 32.2. The summed E-state index contributed by atoms with van der Waals surface area (Å²) >= 11 is 1.88. The molecule has 0 aliphatic carbocycles. The van der Waals surface area contributed by atoms with Gasteiger partial charge in [-0.1, -0.05) is 0 Å². The molecule has 1 unspecified atom stereocenters. The Hall–Kier alpha value is -1.17. The number of rotatable bonds is 5. The van der Waals surface area contributed by atoms with Crippen LogP contribution in [-0.2, 0) is 13.5 Å². The normalized spacial score (nSPS) is 19.8. The van der Waals surface area contributed by atoms with Crippen LogP contribution in [0.3, 0.4) is 0 Å². The van der Waals surface area contributed by atoms with Crippen molar-refractivity contribution >= 4 is 17.7 Å². The molecule has 1 atom stereocenters. The Morgan fingerprint density at radius 1 is 1.55 bits per heavy atom. The third kappa shape index (κ3) is 4.66. The van der Waals surface area contributed by atoms with Gasteiger partial charge >= 0.3 is 0 Å². The SMILES string of the molecule is CN=C(NCC(C)(C)SC)N1CCC(Cc2cnn(C)c2)C1. The second-order valence-corrected chi connectivity index (χ2v) is 8.21. The number of thioether (sulfide) groups is 1. The summed E-state index contributed by atoms with van der Waals surface area (Å²) < 4.78 is 2.11. The number of hydrogen-bond donors (Lipinski definition) is 1. The highest BCUT2D eigenvalue weighted by Gasteiger charge is 2.26. The lowest BCUT2D eigenvalue weighted by Crippen LogP contribution is -2.44. The molecule has 1 aliphatic heterocycles. The number of nitrogens with zero attached hydrogens (tertiary/aromatic N) is 4. The van der Waals surface area contributed by atoms with Crippen LogP contribution in [0.25, 0.3) is 0 Å². The van der Waals surface area contributed by atoms with Gasteiger partial charge in [0.15, 0.2) is 5.96 Å². The Labute approximate surface area is 138 Å². The van der Waals surface area contributed by atoms with Gasteiger partial charge in [-0.25, -0.2) is 0 Å². The molecule has 124 valence electrons. The quantitative estimate of drug-likeness (QED) is 0.665. The molecule has 1 aromatic heterocycles. The van der Waals surface area contributed by atoms with E-state index >= 15 is 0 Å². The van der Waals surface area contributed by atoms with Crippen molar-refractivity contribution in [3.8, 4) is 0 Å². The Kier molecular flexibility index (Phi) is 5.78. The Bertz CT molecular complexity index is 508. The Morgan fingerprint density at radius 2 is 2.32 bits per heavy atom. The molecule has 0 bridgehead atoms. The van der Waals surface area contributed by atoms with Gasteiger partial charge in [0.2, 0.25) is 0 Å². The summed E-state index contributed by atoms with van der Waals surface area (Å²) in [6.45, 7) is 7.61. The number of nitrogens with one attached hydrogen (secondary N) is 1. The van der Waals surface area contributed by atoms with Gasteiger partial charge in [-0.3, -0.25) is 9.67 Å². The fourth-order valence-corrected chi connectivity index (χ4v) is 3.02. The van der Waals surface area contributed by atoms with E-state index in [0.29, 0.717) is 5.92 Å². The van der Waals surface area contributed by atoms with Crippen LogP contribution in [-0.4, -0.2) is 58.3 Å². The van der Waals surface area contributed by atoms with E-state index in [1.807, 2.05) is 36.7 Å². The molecule has 1 N–H and O–H groups in total. The van der Waals surface area contributed by atoms with E-state index in [1.165, 1.54) is 12.0 Å². The van der Waals surface area contributed by atoms with E-state index in [0.717, 1.165) is 32.0 Å². The average molecular weight is 324 g/mol. The van der Waals surface area contributed by atoms with Crippen LogP contribution in [0.4, 0.5) is 0 Å². The first-order chi connectivity index (χ1) is 10.4. The van der Waals surface area contributed by atoms with Crippen LogP contribution < -0.4 is 5.32 Å². The molecular formula is C16H29N5S. The lowest BCUT2D eigenvalue weighted by molar-refractivity contribution is 0.456. The monoisotopic (exact) mass is 323 g/mol. The van der Waals surface area contributed by atoms with Crippen LogP contribution in [0.1, 0.15) is 25.8 Å². The summed E-state index contributed by atoms with van der Waals surface area (Å²) in [4.78, 5) is 6.85. The number of likely N-dealkylation sites (tertiary alicyclic amines) is 1. The molecular weight excluding hydrogens is 294 g/mol. The van der Waals surface area contributed by atoms with Crippen LogP contribution in [0.5, 0.6) is 0 Å². The molecule has 1 saturated heterocycles. The highest BCUT2D eigenvalue weighted by molar-refractivity contribution is 7.99. The van der Waals surface area contributed by atoms with E-state index in [4.69, 9.17) is 0 Å². The van der Waals surface area contributed by atoms with Gasteiger partial charge in [-0.05, 0) is 44.4 Å². The third-order valence-corrected chi connectivity index (χ3v) is 5.55. The van der Waals surface area contributed by atoms with Gasteiger partial charge in [0, 0.05) is 44.7 Å². The minimum atomic E-state index is 0.227. The number of aryl methyl sites for hydroxylation is 1. The zero-order valence-electron chi connectivity index (χ0n) is 14.5. The van der Waals surface area contributed by atoms with Crippen molar-refractivity contribution in [3.63, 3.8) is 0 Å². The maximum atomic E-state index is 4.46. The second-order valence-electron chi connectivity index (χ2n) is 6.69. The minimum Gasteiger partial charge on any atom is -0.355 e. The Morgan fingerprint density at radius 3 is 2.91 bits per heavy atom. The topological polar surface area (TPSA) is 45.5 Å².